The van der Waals surface area contributed by atoms with Crippen molar-refractivity contribution in [2.75, 3.05) is 5.32 Å². The van der Waals surface area contributed by atoms with Crippen LogP contribution in [0, 0.1) is 10.1 Å². The van der Waals surface area contributed by atoms with Crippen molar-refractivity contribution in [3.8, 4) is 11.3 Å². The number of benzene rings is 2. The number of fused-ring (bicyclic) bond motifs is 1. The molecular weight excluding hydrogens is 498 g/mol. The van der Waals surface area contributed by atoms with Crippen LogP contribution in [0.25, 0.3) is 16.9 Å². The van der Waals surface area contributed by atoms with Crippen molar-refractivity contribution in [3.63, 3.8) is 0 Å². The lowest BCUT2D eigenvalue weighted by Gasteiger charge is -2.24. The molecule has 1 aliphatic carbocycles. The summed E-state index contributed by atoms with van der Waals surface area (Å²) in [5.74, 6) is -0.859. The fourth-order valence-electron chi connectivity index (χ4n) is 5.14. The Kier molecular flexibility index (Phi) is 7.53. The first-order valence-corrected chi connectivity index (χ1v) is 13.0. The minimum absolute atomic E-state index is 0.182. The van der Waals surface area contributed by atoms with Crippen LogP contribution < -0.4 is 10.6 Å². The largest absolute Gasteiger partial charge is 0.481 e. The van der Waals surface area contributed by atoms with Gasteiger partial charge < -0.3 is 15.7 Å². The molecule has 2 aromatic carbocycles. The van der Waals surface area contributed by atoms with Crippen molar-refractivity contribution in [3.05, 3.63) is 94.2 Å². The van der Waals surface area contributed by atoms with Gasteiger partial charge in [-0.15, -0.1) is 0 Å². The summed E-state index contributed by atoms with van der Waals surface area (Å²) in [5.41, 5.74) is 2.49. The number of anilines is 1. The van der Waals surface area contributed by atoms with Gasteiger partial charge in [-0.05, 0) is 30.5 Å². The van der Waals surface area contributed by atoms with E-state index in [2.05, 4.69) is 10.6 Å². The molecule has 2 heterocycles. The highest BCUT2D eigenvalue weighted by Crippen LogP contribution is 2.33. The second-order valence-corrected chi connectivity index (χ2v) is 9.75. The number of aliphatic carboxylic acids is 1. The molecule has 0 radical (unpaired) electrons. The molecule has 39 heavy (non-hydrogen) atoms. The van der Waals surface area contributed by atoms with Gasteiger partial charge in [-0.2, -0.15) is 0 Å². The fraction of sp³-hybridized carbons (Fsp3) is 0.276. The molecule has 10 heteroatoms. The number of carbonyl (C=O) groups is 2. The smallest absolute Gasteiger partial charge is 0.305 e. The zero-order valence-electron chi connectivity index (χ0n) is 21.2. The molecule has 1 saturated carbocycles. The number of hydrogen-bond acceptors (Lipinski definition) is 6. The molecule has 1 unspecified atom stereocenters. The van der Waals surface area contributed by atoms with E-state index in [1.165, 1.54) is 24.6 Å². The molecule has 1 atom stereocenters. The molecule has 0 bridgehead atoms. The van der Waals surface area contributed by atoms with Crippen LogP contribution in [0.15, 0.2) is 72.9 Å². The number of pyridine rings is 1. The Hall–Kier alpha value is -4.73. The number of aromatic nitrogens is 2. The van der Waals surface area contributed by atoms with Gasteiger partial charge in [0.1, 0.15) is 11.5 Å². The van der Waals surface area contributed by atoms with Crippen molar-refractivity contribution in [1.82, 2.24) is 14.7 Å². The molecule has 3 N–H and O–H groups in total. The first-order valence-electron chi connectivity index (χ1n) is 13.0. The number of nitro benzene ring substituents is 1. The first kappa shape index (κ1) is 25.9. The van der Waals surface area contributed by atoms with Crippen LogP contribution in [-0.2, 0) is 4.79 Å². The zero-order valence-corrected chi connectivity index (χ0v) is 21.2. The van der Waals surface area contributed by atoms with Crippen molar-refractivity contribution >= 4 is 29.0 Å². The number of amides is 1. The Morgan fingerprint density at radius 1 is 1.05 bits per heavy atom. The van der Waals surface area contributed by atoms with E-state index in [0.717, 1.165) is 42.8 Å². The first-order chi connectivity index (χ1) is 18.9. The molecule has 1 aliphatic rings. The molecule has 0 aliphatic heterocycles. The van der Waals surface area contributed by atoms with Crippen molar-refractivity contribution in [2.45, 2.75) is 50.6 Å². The maximum absolute atomic E-state index is 13.6. The van der Waals surface area contributed by atoms with Gasteiger partial charge in [-0.25, -0.2) is 4.98 Å². The van der Waals surface area contributed by atoms with E-state index in [1.54, 1.807) is 18.2 Å². The van der Waals surface area contributed by atoms with Gasteiger partial charge >= 0.3 is 5.97 Å². The summed E-state index contributed by atoms with van der Waals surface area (Å²) < 4.78 is 1.87. The quantitative estimate of drug-likeness (QED) is 0.190. The van der Waals surface area contributed by atoms with E-state index in [4.69, 9.17) is 4.98 Å². The Balaban J connectivity index is 1.53. The van der Waals surface area contributed by atoms with Crippen LogP contribution in [0.2, 0.25) is 0 Å². The number of imidazole rings is 1. The molecule has 4 aromatic rings. The van der Waals surface area contributed by atoms with E-state index in [1.807, 2.05) is 40.9 Å². The highest BCUT2D eigenvalue weighted by atomic mass is 16.6. The summed E-state index contributed by atoms with van der Waals surface area (Å²) >= 11 is 0. The third-order valence-corrected chi connectivity index (χ3v) is 7.06. The average Bonchev–Trinajstić information content (AvgIpc) is 3.32. The topological polar surface area (TPSA) is 139 Å². The van der Waals surface area contributed by atoms with Crippen LogP contribution in [0.3, 0.4) is 0 Å². The number of nitrogens with zero attached hydrogens (tertiary/aromatic N) is 3. The van der Waals surface area contributed by atoms with Crippen molar-refractivity contribution in [1.29, 1.82) is 0 Å². The minimum Gasteiger partial charge on any atom is -0.481 e. The van der Waals surface area contributed by atoms with Crippen LogP contribution in [-0.4, -0.2) is 37.3 Å². The number of non-ortho nitro benzene ring substituents is 1. The van der Waals surface area contributed by atoms with Gasteiger partial charge in [0.15, 0.2) is 5.65 Å². The van der Waals surface area contributed by atoms with Crippen LogP contribution in [0.5, 0.6) is 0 Å². The molecule has 1 amide bonds. The number of carboxylic acid groups (broad SMARTS) is 1. The predicted octanol–water partition coefficient (Wildman–Crippen LogP) is 5.60. The Bertz CT molecular complexity index is 1510. The van der Waals surface area contributed by atoms with Gasteiger partial charge in [0.05, 0.1) is 22.9 Å². The number of carboxylic acids is 1. The molecular formula is C29H29N5O5. The van der Waals surface area contributed by atoms with Gasteiger partial charge in [0.25, 0.3) is 11.6 Å². The van der Waals surface area contributed by atoms with Crippen LogP contribution >= 0.6 is 0 Å². The molecule has 0 saturated heterocycles. The maximum Gasteiger partial charge on any atom is 0.305 e. The molecule has 1 fully saturated rings. The number of rotatable bonds is 9. The Labute approximate surface area is 224 Å². The van der Waals surface area contributed by atoms with E-state index < -0.39 is 29.3 Å². The van der Waals surface area contributed by atoms with Gasteiger partial charge in [-0.1, -0.05) is 61.7 Å². The van der Waals surface area contributed by atoms with Gasteiger partial charge in [0, 0.05) is 29.9 Å². The third-order valence-electron chi connectivity index (χ3n) is 7.06. The Morgan fingerprint density at radius 2 is 1.82 bits per heavy atom. The lowest BCUT2D eigenvalue weighted by Crippen LogP contribution is -2.30. The maximum atomic E-state index is 13.6. The van der Waals surface area contributed by atoms with E-state index in [-0.39, 0.29) is 11.3 Å². The summed E-state index contributed by atoms with van der Waals surface area (Å²) in [6, 6.07) is 18.1. The van der Waals surface area contributed by atoms with Gasteiger partial charge in [-0.3, -0.25) is 24.1 Å². The highest BCUT2D eigenvalue weighted by Gasteiger charge is 2.25. The predicted molar refractivity (Wildman–Crippen MR) is 147 cm³/mol. The minimum atomic E-state index is -1.14. The monoisotopic (exact) mass is 527 g/mol. The number of nitro groups is 1. The molecule has 2 aromatic heterocycles. The lowest BCUT2D eigenvalue weighted by molar-refractivity contribution is -0.384. The van der Waals surface area contributed by atoms with Crippen molar-refractivity contribution < 1.29 is 19.6 Å². The number of nitrogens with one attached hydrogen (secondary N) is 2. The SMILES string of the molecule is O=C(O)CC(NC(=O)c1cccn2c(NC3CCCCC3)c(-c3ccccc3)nc12)c1cccc([N+](=O)[O-])c1. The van der Waals surface area contributed by atoms with E-state index in [9.17, 15) is 24.8 Å². The van der Waals surface area contributed by atoms with Crippen LogP contribution in [0.4, 0.5) is 11.5 Å². The third kappa shape index (κ3) is 5.74. The van der Waals surface area contributed by atoms with E-state index in [0.29, 0.717) is 17.3 Å². The second kappa shape index (κ2) is 11.3. The highest BCUT2D eigenvalue weighted by molar-refractivity contribution is 6.01. The summed E-state index contributed by atoms with van der Waals surface area (Å²) in [5, 5.41) is 27.2. The second-order valence-electron chi connectivity index (χ2n) is 9.75. The molecule has 0 spiro atoms. The average molecular weight is 528 g/mol. The summed E-state index contributed by atoms with van der Waals surface area (Å²) in [4.78, 5) is 40.8. The zero-order chi connectivity index (χ0) is 27.4. The van der Waals surface area contributed by atoms with E-state index >= 15 is 0 Å². The summed E-state index contributed by atoms with van der Waals surface area (Å²) in [6.07, 6.45) is 7.07. The number of hydrogen-bond donors (Lipinski definition) is 3. The Morgan fingerprint density at radius 3 is 2.54 bits per heavy atom. The number of carbonyl (C=O) groups excluding carboxylic acids is 1. The van der Waals surface area contributed by atoms with Gasteiger partial charge in [0.2, 0.25) is 0 Å². The standard InChI is InChI=1S/C29H29N5O5/c35-25(36)18-24(20-11-7-14-22(17-20)34(38)39)31-29(37)23-15-8-16-33-27(23)32-26(19-9-3-1-4-10-19)28(33)30-21-12-5-2-6-13-21/h1,3-4,7-11,14-17,21,24,30H,2,5-6,12-13,18H2,(H,31,37)(H,35,36). The fourth-order valence-corrected chi connectivity index (χ4v) is 5.14. The normalized spacial score (nSPS) is 14.6. The molecule has 5 rings (SSSR count). The molecule has 200 valence electrons. The summed E-state index contributed by atoms with van der Waals surface area (Å²) in [7, 11) is 0. The van der Waals surface area contributed by atoms with Crippen molar-refractivity contribution in [2.24, 2.45) is 0 Å². The molecule has 10 nitrogen and oxygen atoms in total. The lowest BCUT2D eigenvalue weighted by atomic mass is 9.95. The van der Waals surface area contributed by atoms with Crippen LogP contribution in [0.1, 0.15) is 60.5 Å². The summed E-state index contributed by atoms with van der Waals surface area (Å²) in [6.45, 7) is 0.